The van der Waals surface area contributed by atoms with Gasteiger partial charge in [-0.3, -0.25) is 0 Å². The van der Waals surface area contributed by atoms with Crippen LogP contribution in [0, 0.1) is 5.92 Å². The Kier molecular flexibility index (Phi) is 8.47. The number of ether oxygens (including phenoxy) is 2. The van der Waals surface area contributed by atoms with Crippen LogP contribution in [0.5, 0.6) is 0 Å². The molecule has 0 heterocycles. The first-order valence-corrected chi connectivity index (χ1v) is 7.28. The summed E-state index contributed by atoms with van der Waals surface area (Å²) in [6.45, 7) is 12.0. The molecule has 0 saturated carbocycles. The summed E-state index contributed by atoms with van der Waals surface area (Å²) in [4.78, 5) is 11.5. The average Bonchev–Trinajstić information content (AvgIpc) is 2.33. The Morgan fingerprint density at radius 1 is 1.25 bits per heavy atom. The van der Waals surface area contributed by atoms with E-state index in [0.717, 1.165) is 18.4 Å². The molecule has 0 rings (SSSR count). The van der Waals surface area contributed by atoms with E-state index < -0.39 is 0 Å². The molecule has 0 aromatic carbocycles. The van der Waals surface area contributed by atoms with Crippen molar-refractivity contribution < 1.29 is 14.3 Å². The van der Waals surface area contributed by atoms with Crippen LogP contribution in [0.25, 0.3) is 0 Å². The molecule has 0 fully saturated rings. The molecule has 0 aromatic rings. The molecule has 0 aliphatic heterocycles. The molecule has 0 N–H and O–H groups in total. The number of carbonyl (C=O) groups excluding carboxylic acids is 1. The minimum atomic E-state index is -0.282. The van der Waals surface area contributed by atoms with Gasteiger partial charge in [0.2, 0.25) is 0 Å². The van der Waals surface area contributed by atoms with Gasteiger partial charge in [0.05, 0.1) is 11.7 Å². The van der Waals surface area contributed by atoms with Gasteiger partial charge in [-0.05, 0) is 59.0 Å². The van der Waals surface area contributed by atoms with E-state index in [9.17, 15) is 4.79 Å². The molecule has 20 heavy (non-hydrogen) atoms. The van der Waals surface area contributed by atoms with E-state index in [1.807, 2.05) is 26.8 Å². The Bertz CT molecular complexity index is 351. The lowest BCUT2D eigenvalue weighted by molar-refractivity contribution is -0.141. The normalized spacial score (nSPS) is 14.9. The Morgan fingerprint density at radius 2 is 1.85 bits per heavy atom. The zero-order chi connectivity index (χ0) is 15.8. The first kappa shape index (κ1) is 18.9. The second kappa shape index (κ2) is 8.96. The van der Waals surface area contributed by atoms with Crippen molar-refractivity contribution in [3.05, 3.63) is 23.8 Å². The highest BCUT2D eigenvalue weighted by molar-refractivity contribution is 5.83. The summed E-state index contributed by atoms with van der Waals surface area (Å²) in [5.74, 6) is 0.171. The first-order valence-electron chi connectivity index (χ1n) is 7.28. The van der Waals surface area contributed by atoms with E-state index in [-0.39, 0.29) is 17.7 Å². The van der Waals surface area contributed by atoms with E-state index in [1.54, 1.807) is 7.11 Å². The zero-order valence-corrected chi connectivity index (χ0v) is 14.0. The number of hydrogen-bond acceptors (Lipinski definition) is 3. The average molecular weight is 282 g/mol. The maximum Gasteiger partial charge on any atom is 0.331 e. The molecule has 0 spiro atoms. The summed E-state index contributed by atoms with van der Waals surface area (Å²) in [6, 6.07) is 0. The highest BCUT2D eigenvalue weighted by atomic mass is 16.5. The summed E-state index contributed by atoms with van der Waals surface area (Å²) in [5, 5.41) is 0. The van der Waals surface area contributed by atoms with Gasteiger partial charge in [-0.1, -0.05) is 19.1 Å². The van der Waals surface area contributed by atoms with Crippen molar-refractivity contribution in [3.8, 4) is 0 Å². The quantitative estimate of drug-likeness (QED) is 0.378. The zero-order valence-electron chi connectivity index (χ0n) is 14.0. The third-order valence-corrected chi connectivity index (χ3v) is 3.14. The maximum absolute atomic E-state index is 11.5. The number of allylic oxidation sites excluding steroid dienone is 3. The van der Waals surface area contributed by atoms with Crippen LogP contribution in [-0.4, -0.2) is 24.8 Å². The number of carbonyl (C=O) groups is 1. The fourth-order valence-electron chi connectivity index (χ4n) is 1.59. The van der Waals surface area contributed by atoms with E-state index in [4.69, 9.17) is 9.47 Å². The monoisotopic (exact) mass is 282 g/mol. The second-order valence-corrected chi connectivity index (χ2v) is 6.21. The molecule has 0 aromatic heterocycles. The van der Waals surface area contributed by atoms with Crippen LogP contribution >= 0.6 is 0 Å². The summed E-state index contributed by atoms with van der Waals surface area (Å²) >= 11 is 0. The van der Waals surface area contributed by atoms with E-state index >= 15 is 0 Å². The van der Waals surface area contributed by atoms with Crippen LogP contribution in [-0.2, 0) is 14.3 Å². The van der Waals surface area contributed by atoms with E-state index in [2.05, 4.69) is 26.8 Å². The molecule has 3 nitrogen and oxygen atoms in total. The highest BCUT2D eigenvalue weighted by Crippen LogP contribution is 2.20. The van der Waals surface area contributed by atoms with Crippen molar-refractivity contribution >= 4 is 5.97 Å². The maximum atomic E-state index is 11.5. The lowest BCUT2D eigenvalue weighted by Gasteiger charge is -2.23. The third-order valence-electron chi connectivity index (χ3n) is 3.14. The van der Waals surface area contributed by atoms with E-state index in [0.29, 0.717) is 5.92 Å². The van der Waals surface area contributed by atoms with Crippen molar-refractivity contribution in [1.82, 2.24) is 0 Å². The minimum absolute atomic E-state index is 0.0753. The van der Waals surface area contributed by atoms with Crippen LogP contribution in [0.4, 0.5) is 0 Å². The molecule has 3 heteroatoms. The molecule has 1 atom stereocenters. The van der Waals surface area contributed by atoms with Crippen LogP contribution in [0.3, 0.4) is 0 Å². The Balaban J connectivity index is 4.27. The topological polar surface area (TPSA) is 35.5 Å². The number of rotatable bonds is 8. The SMILES string of the molecule is COC(C)(C)CCC(C)C=CC(C)=CC(=O)OC(C)C. The Labute approximate surface area is 124 Å². The molecule has 0 saturated heterocycles. The molecule has 0 bridgehead atoms. The van der Waals surface area contributed by atoms with Gasteiger partial charge in [-0.2, -0.15) is 0 Å². The smallest absolute Gasteiger partial charge is 0.331 e. The molecule has 0 aliphatic rings. The van der Waals surface area contributed by atoms with Gasteiger partial charge in [0, 0.05) is 13.2 Å². The second-order valence-electron chi connectivity index (χ2n) is 6.21. The van der Waals surface area contributed by atoms with Crippen molar-refractivity contribution in [1.29, 1.82) is 0 Å². The standard InChI is InChI=1S/C17H30O3/c1-13(2)20-16(18)12-15(4)9-8-14(3)10-11-17(5,6)19-7/h8-9,12-14H,10-11H2,1-7H3. The predicted octanol–water partition coefficient (Wildman–Crippen LogP) is 4.28. The largest absolute Gasteiger partial charge is 0.460 e. The number of hydrogen-bond donors (Lipinski definition) is 0. The van der Waals surface area contributed by atoms with Crippen molar-refractivity contribution in [2.45, 2.75) is 66.1 Å². The first-order chi connectivity index (χ1) is 9.16. The predicted molar refractivity (Wildman–Crippen MR) is 83.6 cm³/mol. The lowest BCUT2D eigenvalue weighted by Crippen LogP contribution is -2.22. The van der Waals surface area contributed by atoms with Crippen LogP contribution in [0.15, 0.2) is 23.8 Å². The summed E-state index contributed by atoms with van der Waals surface area (Å²) in [5.41, 5.74) is 0.835. The Hall–Kier alpha value is -1.09. The van der Waals surface area contributed by atoms with Crippen LogP contribution < -0.4 is 0 Å². The summed E-state index contributed by atoms with van der Waals surface area (Å²) in [7, 11) is 1.74. The molecular weight excluding hydrogens is 252 g/mol. The van der Waals surface area contributed by atoms with Crippen LogP contribution in [0.2, 0.25) is 0 Å². The van der Waals surface area contributed by atoms with Gasteiger partial charge in [0.15, 0.2) is 0 Å². The molecule has 0 aliphatic carbocycles. The van der Waals surface area contributed by atoms with Gasteiger partial charge in [-0.15, -0.1) is 0 Å². The van der Waals surface area contributed by atoms with Gasteiger partial charge in [0.1, 0.15) is 0 Å². The fraction of sp³-hybridized carbons (Fsp3) is 0.706. The molecule has 1 unspecified atom stereocenters. The van der Waals surface area contributed by atoms with Crippen LogP contribution in [0.1, 0.15) is 54.4 Å². The lowest BCUT2D eigenvalue weighted by atomic mass is 9.95. The summed E-state index contributed by atoms with van der Waals surface area (Å²) < 4.78 is 10.5. The number of methoxy groups -OCH3 is 1. The highest BCUT2D eigenvalue weighted by Gasteiger charge is 2.16. The van der Waals surface area contributed by atoms with E-state index in [1.165, 1.54) is 6.08 Å². The fourth-order valence-corrected chi connectivity index (χ4v) is 1.59. The van der Waals surface area contributed by atoms with Crippen molar-refractivity contribution in [3.63, 3.8) is 0 Å². The molecule has 116 valence electrons. The van der Waals surface area contributed by atoms with Gasteiger partial charge in [-0.25, -0.2) is 4.79 Å². The molecular formula is C17H30O3. The van der Waals surface area contributed by atoms with Crippen molar-refractivity contribution in [2.75, 3.05) is 7.11 Å². The third kappa shape index (κ3) is 9.79. The summed E-state index contributed by atoms with van der Waals surface area (Å²) in [6.07, 6.45) is 7.62. The molecule has 0 radical (unpaired) electrons. The minimum Gasteiger partial charge on any atom is -0.460 e. The number of esters is 1. The van der Waals surface area contributed by atoms with Gasteiger partial charge in [0.25, 0.3) is 0 Å². The van der Waals surface area contributed by atoms with Gasteiger partial charge < -0.3 is 9.47 Å². The molecule has 0 amide bonds. The Morgan fingerprint density at radius 3 is 2.35 bits per heavy atom. The van der Waals surface area contributed by atoms with Crippen molar-refractivity contribution in [2.24, 2.45) is 5.92 Å². The van der Waals surface area contributed by atoms with Gasteiger partial charge >= 0.3 is 5.97 Å².